The Morgan fingerprint density at radius 2 is 1.72 bits per heavy atom. The van der Waals surface area contributed by atoms with Crippen LogP contribution in [0.25, 0.3) is 6.08 Å². The number of nitro benzene ring substituents is 2. The molecule has 1 atom stereocenters. The van der Waals surface area contributed by atoms with Gasteiger partial charge in [-0.3, -0.25) is 29.6 Å². The summed E-state index contributed by atoms with van der Waals surface area (Å²) in [6.07, 6.45) is 1.38. The highest BCUT2D eigenvalue weighted by Gasteiger charge is 2.35. The molecule has 5 rings (SSSR count). The van der Waals surface area contributed by atoms with Crippen LogP contribution in [0, 0.1) is 20.2 Å². The maximum absolute atomic E-state index is 14.2. The van der Waals surface area contributed by atoms with Crippen LogP contribution in [-0.2, 0) is 9.53 Å². The summed E-state index contributed by atoms with van der Waals surface area (Å²) in [6.45, 7) is 7.25. The Balaban J connectivity index is 1.67. The van der Waals surface area contributed by atoms with Crippen molar-refractivity contribution in [2.75, 3.05) is 6.61 Å². The number of para-hydroxylation sites is 2. The molecule has 0 N–H and O–H groups in total. The number of ether oxygens (including phenoxy) is 3. The predicted molar refractivity (Wildman–Crippen MR) is 169 cm³/mol. The van der Waals surface area contributed by atoms with E-state index in [1.54, 1.807) is 68.5 Å². The lowest BCUT2D eigenvalue weighted by molar-refractivity contribution is -0.394. The Morgan fingerprint density at radius 3 is 2.39 bits per heavy atom. The van der Waals surface area contributed by atoms with Gasteiger partial charge < -0.3 is 14.2 Å². The normalized spacial score (nSPS) is 14.5. The number of allylic oxidation sites excluding steroid dienone is 1. The first kappa shape index (κ1) is 31.8. The number of esters is 1. The summed E-state index contributed by atoms with van der Waals surface area (Å²) in [5.74, 6) is -0.155. The van der Waals surface area contributed by atoms with Crippen LogP contribution in [0.1, 0.15) is 44.9 Å². The zero-order chi connectivity index (χ0) is 33.1. The first-order valence-corrected chi connectivity index (χ1v) is 15.0. The summed E-state index contributed by atoms with van der Waals surface area (Å²) in [4.78, 5) is 53.7. The summed E-state index contributed by atoms with van der Waals surface area (Å²) >= 11 is 1.10. The number of nitrogens with zero attached hydrogens (tertiary/aromatic N) is 4. The minimum absolute atomic E-state index is 0.126. The standard InChI is InChI=1S/C32H28N4O9S/c1-5-43-31(38)28-19(4)33-32-34(29(28)22-11-7-9-13-25(22)44-18(2)3)30(37)27(46-32)16-20-10-6-8-12-24(20)45-26-15-14-21(35(39)40)17-23(26)36(41)42/h6-18,29H,5H2,1-4H3/b27-16+/t29-/m0/s1. The summed E-state index contributed by atoms with van der Waals surface area (Å²) in [7, 11) is 0. The number of carbonyl (C=O) groups is 1. The molecule has 1 aliphatic rings. The average Bonchev–Trinajstić information content (AvgIpc) is 3.31. The van der Waals surface area contributed by atoms with Gasteiger partial charge in [0.25, 0.3) is 11.2 Å². The number of non-ortho nitro benzene ring substituents is 1. The van der Waals surface area contributed by atoms with Crippen molar-refractivity contribution in [2.45, 2.75) is 39.8 Å². The molecule has 1 aliphatic heterocycles. The second-order valence-corrected chi connectivity index (χ2v) is 11.3. The number of hydrogen-bond donors (Lipinski definition) is 0. The molecule has 0 bridgehead atoms. The van der Waals surface area contributed by atoms with Gasteiger partial charge in [-0.05, 0) is 52.0 Å². The molecule has 1 aromatic heterocycles. The first-order chi connectivity index (χ1) is 22.0. The first-order valence-electron chi connectivity index (χ1n) is 14.1. The van der Waals surface area contributed by atoms with Crippen molar-refractivity contribution in [3.63, 3.8) is 0 Å². The van der Waals surface area contributed by atoms with Crippen molar-refractivity contribution >= 4 is 34.8 Å². The average molecular weight is 645 g/mol. The third kappa shape index (κ3) is 6.28. The molecule has 3 aromatic carbocycles. The van der Waals surface area contributed by atoms with Gasteiger partial charge in [-0.2, -0.15) is 0 Å². The van der Waals surface area contributed by atoms with Crippen LogP contribution < -0.4 is 24.4 Å². The number of hydrogen-bond acceptors (Lipinski definition) is 11. The van der Waals surface area contributed by atoms with Crippen molar-refractivity contribution in [3.05, 3.63) is 129 Å². The zero-order valence-corrected chi connectivity index (χ0v) is 26.0. The highest BCUT2D eigenvalue weighted by atomic mass is 32.1. The lowest BCUT2D eigenvalue weighted by Crippen LogP contribution is -2.40. The molecule has 14 heteroatoms. The Morgan fingerprint density at radius 1 is 1.02 bits per heavy atom. The van der Waals surface area contributed by atoms with Crippen molar-refractivity contribution in [1.29, 1.82) is 0 Å². The van der Waals surface area contributed by atoms with E-state index >= 15 is 0 Å². The summed E-state index contributed by atoms with van der Waals surface area (Å²) in [5, 5.41) is 22.9. The van der Waals surface area contributed by atoms with E-state index in [1.807, 2.05) is 13.8 Å². The topological polar surface area (TPSA) is 165 Å². The number of benzene rings is 3. The van der Waals surface area contributed by atoms with Gasteiger partial charge in [-0.15, -0.1) is 0 Å². The fourth-order valence-electron chi connectivity index (χ4n) is 4.95. The largest absolute Gasteiger partial charge is 0.491 e. The van der Waals surface area contributed by atoms with Crippen molar-refractivity contribution < 1.29 is 28.9 Å². The second kappa shape index (κ2) is 13.2. The van der Waals surface area contributed by atoms with Crippen molar-refractivity contribution in [1.82, 2.24) is 4.57 Å². The van der Waals surface area contributed by atoms with Crippen LogP contribution in [0.3, 0.4) is 0 Å². The minimum atomic E-state index is -0.901. The molecule has 0 radical (unpaired) electrons. The number of nitro groups is 2. The lowest BCUT2D eigenvalue weighted by Gasteiger charge is -2.26. The van der Waals surface area contributed by atoms with E-state index < -0.39 is 38.8 Å². The van der Waals surface area contributed by atoms with Gasteiger partial charge in [0.15, 0.2) is 4.80 Å². The highest BCUT2D eigenvalue weighted by Crippen LogP contribution is 2.37. The van der Waals surface area contributed by atoms with E-state index in [1.165, 1.54) is 4.57 Å². The molecule has 236 valence electrons. The minimum Gasteiger partial charge on any atom is -0.491 e. The maximum atomic E-state index is 14.2. The predicted octanol–water partition coefficient (Wildman–Crippen LogP) is 5.19. The summed E-state index contributed by atoms with van der Waals surface area (Å²) in [6, 6.07) is 15.9. The van der Waals surface area contributed by atoms with E-state index in [4.69, 9.17) is 14.2 Å². The Kier molecular flexibility index (Phi) is 9.09. The zero-order valence-electron chi connectivity index (χ0n) is 25.2. The molecule has 4 aromatic rings. The quantitative estimate of drug-likeness (QED) is 0.128. The number of thiazole rings is 1. The molecule has 0 amide bonds. The molecule has 0 saturated heterocycles. The molecule has 46 heavy (non-hydrogen) atoms. The van der Waals surface area contributed by atoms with Crippen LogP contribution in [0.2, 0.25) is 0 Å². The van der Waals surface area contributed by atoms with Crippen LogP contribution in [0.15, 0.2) is 87.8 Å². The molecule has 2 heterocycles. The Hall–Kier alpha value is -5.63. The van der Waals surface area contributed by atoms with Crippen molar-refractivity contribution in [3.8, 4) is 17.2 Å². The smallest absolute Gasteiger partial charge is 0.338 e. The van der Waals surface area contributed by atoms with E-state index in [2.05, 4.69) is 4.99 Å². The van der Waals surface area contributed by atoms with Gasteiger partial charge in [-0.1, -0.05) is 47.7 Å². The number of fused-ring (bicyclic) bond motifs is 1. The molecule has 0 fully saturated rings. The Bertz CT molecular complexity index is 2080. The number of rotatable bonds is 10. The monoisotopic (exact) mass is 644 g/mol. The molecule has 0 unspecified atom stereocenters. The van der Waals surface area contributed by atoms with Gasteiger partial charge in [0.1, 0.15) is 17.5 Å². The second-order valence-electron chi connectivity index (χ2n) is 10.3. The summed E-state index contributed by atoms with van der Waals surface area (Å²) in [5.41, 5.74) is 0.0869. The summed E-state index contributed by atoms with van der Waals surface area (Å²) < 4.78 is 19.0. The maximum Gasteiger partial charge on any atom is 0.338 e. The van der Waals surface area contributed by atoms with Crippen molar-refractivity contribution in [2.24, 2.45) is 4.99 Å². The molecule has 0 aliphatic carbocycles. The molecule has 0 saturated carbocycles. The fraction of sp³-hybridized carbons (Fsp3) is 0.219. The molecule has 13 nitrogen and oxygen atoms in total. The molecule has 0 spiro atoms. The van der Waals surface area contributed by atoms with E-state index in [0.29, 0.717) is 27.4 Å². The fourth-order valence-corrected chi connectivity index (χ4v) is 5.99. The SMILES string of the molecule is CCOC(=O)C1=C(C)N=c2s/c(=C/c3ccccc3Oc3ccc([N+](=O)[O-])cc3[N+](=O)[O-])c(=O)n2[C@H]1c1ccccc1OC(C)C. The number of aromatic nitrogens is 1. The van der Waals surface area contributed by atoms with Crippen LogP contribution in [-0.4, -0.2) is 33.1 Å². The third-order valence-corrected chi connectivity index (χ3v) is 7.85. The van der Waals surface area contributed by atoms with Gasteiger partial charge in [0.05, 0.1) is 44.4 Å². The van der Waals surface area contributed by atoms with Gasteiger partial charge >= 0.3 is 11.7 Å². The highest BCUT2D eigenvalue weighted by molar-refractivity contribution is 7.07. The molecular weight excluding hydrogens is 616 g/mol. The third-order valence-electron chi connectivity index (χ3n) is 6.87. The van der Waals surface area contributed by atoms with E-state index in [-0.39, 0.29) is 34.3 Å². The Labute approximate surface area is 265 Å². The van der Waals surface area contributed by atoms with Crippen LogP contribution >= 0.6 is 11.3 Å². The van der Waals surface area contributed by atoms with Gasteiger partial charge in [0, 0.05) is 17.2 Å². The van der Waals surface area contributed by atoms with Gasteiger partial charge in [0.2, 0.25) is 5.75 Å². The lowest BCUT2D eigenvalue weighted by atomic mass is 9.95. The van der Waals surface area contributed by atoms with E-state index in [0.717, 1.165) is 29.5 Å². The van der Waals surface area contributed by atoms with E-state index in [9.17, 15) is 29.8 Å². The number of carbonyl (C=O) groups excluding carboxylic acids is 1. The van der Waals surface area contributed by atoms with Crippen LogP contribution in [0.4, 0.5) is 11.4 Å². The van der Waals surface area contributed by atoms with Gasteiger partial charge in [-0.25, -0.2) is 9.79 Å². The molecular formula is C32H28N4O9S. The van der Waals surface area contributed by atoms with Crippen LogP contribution in [0.5, 0.6) is 17.2 Å².